The van der Waals surface area contributed by atoms with Crippen molar-refractivity contribution < 1.29 is 28.5 Å². The largest absolute Gasteiger partial charge is 0.486 e. The summed E-state index contributed by atoms with van der Waals surface area (Å²) in [6.45, 7) is 0. The van der Waals surface area contributed by atoms with E-state index in [0.717, 1.165) is 5.56 Å². The number of halogens is 1. The van der Waals surface area contributed by atoms with Gasteiger partial charge >= 0.3 is 11.9 Å². The smallest absolute Gasteiger partial charge is 0.337 e. The Labute approximate surface area is 185 Å². The Kier molecular flexibility index (Phi) is 5.85. The maximum atomic E-state index is 12.8. The summed E-state index contributed by atoms with van der Waals surface area (Å²) in [5.74, 6) is -0.731. The number of fused-ring (bicyclic) bond motifs is 2. The molecule has 0 aliphatic carbocycles. The van der Waals surface area contributed by atoms with E-state index in [-0.39, 0.29) is 11.1 Å². The maximum Gasteiger partial charge on any atom is 0.337 e. The van der Waals surface area contributed by atoms with Crippen molar-refractivity contribution in [1.29, 1.82) is 0 Å². The van der Waals surface area contributed by atoms with E-state index >= 15 is 0 Å². The lowest BCUT2D eigenvalue weighted by atomic mass is 9.80. The summed E-state index contributed by atoms with van der Waals surface area (Å²) in [5.41, 5.74) is -0.313. The van der Waals surface area contributed by atoms with Crippen LogP contribution in [0.15, 0.2) is 77.9 Å². The molecule has 31 heavy (non-hydrogen) atoms. The standard InChI is InChI=1S/C24H21ClO6/c1-28-22(26)20-18-12-13-24(31-18,21(20)23(27)29-2)19(30-16-9-4-3-5-10-16)14-15-8-6-7-11-17(15)25/h3-13,18-19H,14H2,1-2H3. The van der Waals surface area contributed by atoms with Crippen molar-refractivity contribution in [2.75, 3.05) is 14.2 Å². The molecule has 2 aliphatic heterocycles. The molecule has 0 fully saturated rings. The molecule has 2 heterocycles. The van der Waals surface area contributed by atoms with Gasteiger partial charge in [0.2, 0.25) is 0 Å². The van der Waals surface area contributed by atoms with Gasteiger partial charge in [0.05, 0.1) is 25.4 Å². The molecular weight excluding hydrogens is 420 g/mol. The normalized spacial score (nSPS) is 22.4. The Morgan fingerprint density at radius 3 is 2.39 bits per heavy atom. The van der Waals surface area contributed by atoms with Crippen LogP contribution >= 0.6 is 11.6 Å². The Morgan fingerprint density at radius 1 is 1.03 bits per heavy atom. The number of methoxy groups -OCH3 is 2. The zero-order valence-electron chi connectivity index (χ0n) is 17.0. The third-order valence-electron chi connectivity index (χ3n) is 5.44. The molecule has 2 aliphatic rings. The first-order valence-corrected chi connectivity index (χ1v) is 10.1. The highest BCUT2D eigenvalue weighted by atomic mass is 35.5. The number of hydrogen-bond acceptors (Lipinski definition) is 6. The van der Waals surface area contributed by atoms with Crippen LogP contribution in [0.2, 0.25) is 5.02 Å². The number of carbonyl (C=O) groups is 2. The Balaban J connectivity index is 1.83. The highest BCUT2D eigenvalue weighted by Gasteiger charge is 2.59. The van der Waals surface area contributed by atoms with Crippen LogP contribution < -0.4 is 4.74 Å². The van der Waals surface area contributed by atoms with Gasteiger partial charge in [-0.3, -0.25) is 0 Å². The fourth-order valence-electron chi connectivity index (χ4n) is 4.02. The van der Waals surface area contributed by atoms with Gasteiger partial charge < -0.3 is 18.9 Å². The van der Waals surface area contributed by atoms with Gasteiger partial charge in [-0.05, 0) is 29.8 Å². The van der Waals surface area contributed by atoms with E-state index in [1.54, 1.807) is 18.2 Å². The monoisotopic (exact) mass is 440 g/mol. The van der Waals surface area contributed by atoms with Crippen LogP contribution in [0.25, 0.3) is 0 Å². The Hall–Kier alpha value is -3.09. The van der Waals surface area contributed by atoms with Crippen LogP contribution in [0.4, 0.5) is 0 Å². The molecule has 2 aromatic carbocycles. The van der Waals surface area contributed by atoms with Gasteiger partial charge in [0.25, 0.3) is 0 Å². The van der Waals surface area contributed by atoms with E-state index in [4.69, 9.17) is 30.5 Å². The van der Waals surface area contributed by atoms with Gasteiger partial charge in [-0.25, -0.2) is 9.59 Å². The number of esters is 2. The van der Waals surface area contributed by atoms with Gasteiger partial charge in [0.15, 0.2) is 5.60 Å². The summed E-state index contributed by atoms with van der Waals surface area (Å²) in [7, 11) is 2.52. The van der Waals surface area contributed by atoms with Crippen molar-refractivity contribution in [2.45, 2.75) is 24.2 Å². The quantitative estimate of drug-likeness (QED) is 0.483. The van der Waals surface area contributed by atoms with E-state index in [9.17, 15) is 9.59 Å². The molecular formula is C24H21ClO6. The summed E-state index contributed by atoms with van der Waals surface area (Å²) in [6.07, 6.45) is 2.36. The van der Waals surface area contributed by atoms with Crippen molar-refractivity contribution in [3.8, 4) is 5.75 Å². The molecule has 3 unspecified atom stereocenters. The van der Waals surface area contributed by atoms with Crippen molar-refractivity contribution in [1.82, 2.24) is 0 Å². The molecule has 160 valence electrons. The van der Waals surface area contributed by atoms with Gasteiger partial charge in [0.1, 0.15) is 18.0 Å². The second-order valence-corrected chi connectivity index (χ2v) is 7.58. The van der Waals surface area contributed by atoms with Crippen molar-refractivity contribution in [3.05, 3.63) is 88.5 Å². The van der Waals surface area contributed by atoms with Gasteiger partial charge in [-0.1, -0.05) is 54.1 Å². The second kappa shape index (κ2) is 8.57. The molecule has 0 saturated carbocycles. The predicted octanol–water partition coefficient (Wildman–Crippen LogP) is 3.68. The molecule has 0 amide bonds. The maximum absolute atomic E-state index is 12.8. The molecule has 7 heteroatoms. The van der Waals surface area contributed by atoms with Crippen LogP contribution in [-0.4, -0.2) is 44.0 Å². The summed E-state index contributed by atoms with van der Waals surface area (Å²) >= 11 is 6.41. The van der Waals surface area contributed by atoms with E-state index < -0.39 is 29.7 Å². The van der Waals surface area contributed by atoms with Crippen LogP contribution in [0, 0.1) is 0 Å². The minimum absolute atomic E-state index is 0.0855. The first-order chi connectivity index (χ1) is 15.0. The molecule has 6 nitrogen and oxygen atoms in total. The molecule has 2 bridgehead atoms. The number of ether oxygens (including phenoxy) is 4. The van der Waals surface area contributed by atoms with E-state index in [1.165, 1.54) is 14.2 Å². The zero-order chi connectivity index (χ0) is 22.0. The van der Waals surface area contributed by atoms with Gasteiger partial charge in [-0.2, -0.15) is 0 Å². The first kappa shape index (κ1) is 21.2. The number of para-hydroxylation sites is 1. The molecule has 3 atom stereocenters. The second-order valence-electron chi connectivity index (χ2n) is 7.18. The molecule has 0 saturated heterocycles. The van der Waals surface area contributed by atoms with Crippen LogP contribution in [-0.2, 0) is 30.2 Å². The summed E-state index contributed by atoms with van der Waals surface area (Å²) < 4.78 is 22.5. The molecule has 0 aromatic heterocycles. The number of carbonyl (C=O) groups excluding carboxylic acids is 2. The van der Waals surface area contributed by atoms with E-state index in [1.807, 2.05) is 48.5 Å². The topological polar surface area (TPSA) is 71.1 Å². The van der Waals surface area contributed by atoms with Gasteiger partial charge in [0, 0.05) is 11.4 Å². The third kappa shape index (κ3) is 3.73. The predicted molar refractivity (Wildman–Crippen MR) is 114 cm³/mol. The Bertz CT molecular complexity index is 1060. The average Bonchev–Trinajstić information content (AvgIpc) is 3.38. The lowest BCUT2D eigenvalue weighted by molar-refractivity contribution is -0.140. The third-order valence-corrected chi connectivity index (χ3v) is 5.81. The number of hydrogen-bond donors (Lipinski definition) is 0. The SMILES string of the molecule is COC(=O)C1=C(C(=O)OC)C2(C(Cc3ccccc3Cl)Oc3ccccc3)C=CC1O2. The van der Waals surface area contributed by atoms with Crippen molar-refractivity contribution in [2.24, 2.45) is 0 Å². The summed E-state index contributed by atoms with van der Waals surface area (Å²) in [4.78, 5) is 25.3. The van der Waals surface area contributed by atoms with Gasteiger partial charge in [-0.15, -0.1) is 0 Å². The number of rotatable bonds is 7. The number of benzene rings is 2. The molecule has 0 radical (unpaired) electrons. The van der Waals surface area contributed by atoms with E-state index in [0.29, 0.717) is 17.2 Å². The van der Waals surface area contributed by atoms with E-state index in [2.05, 4.69) is 0 Å². The molecule has 4 rings (SSSR count). The average molecular weight is 441 g/mol. The molecule has 0 spiro atoms. The fourth-order valence-corrected chi connectivity index (χ4v) is 4.23. The lowest BCUT2D eigenvalue weighted by Crippen LogP contribution is -2.48. The summed E-state index contributed by atoms with van der Waals surface area (Å²) in [6, 6.07) is 16.6. The molecule has 2 aromatic rings. The van der Waals surface area contributed by atoms with Crippen LogP contribution in [0.3, 0.4) is 0 Å². The van der Waals surface area contributed by atoms with Crippen molar-refractivity contribution >= 4 is 23.5 Å². The molecule has 0 N–H and O–H groups in total. The zero-order valence-corrected chi connectivity index (χ0v) is 17.8. The fraction of sp³-hybridized carbons (Fsp3) is 0.250. The van der Waals surface area contributed by atoms with Crippen LogP contribution in [0.5, 0.6) is 5.75 Å². The van der Waals surface area contributed by atoms with Crippen molar-refractivity contribution in [3.63, 3.8) is 0 Å². The minimum Gasteiger partial charge on any atom is -0.486 e. The van der Waals surface area contributed by atoms with Crippen LogP contribution in [0.1, 0.15) is 5.56 Å². The highest BCUT2D eigenvalue weighted by Crippen LogP contribution is 2.48. The Morgan fingerprint density at radius 2 is 1.71 bits per heavy atom. The highest BCUT2D eigenvalue weighted by molar-refractivity contribution is 6.31. The minimum atomic E-state index is -1.34. The lowest BCUT2D eigenvalue weighted by Gasteiger charge is -2.35. The summed E-state index contributed by atoms with van der Waals surface area (Å²) in [5, 5.41) is 0.564. The first-order valence-electron chi connectivity index (χ1n) is 9.73.